The normalized spacial score (nSPS) is 21.1. The average molecular weight is 407 g/mol. The second-order valence-corrected chi connectivity index (χ2v) is 8.24. The summed E-state index contributed by atoms with van der Waals surface area (Å²) in [7, 11) is 0. The van der Waals surface area contributed by atoms with E-state index in [4.69, 9.17) is 9.72 Å². The molecule has 3 aromatic rings. The topological polar surface area (TPSA) is 98.1 Å². The molecule has 2 fully saturated rings. The number of rotatable bonds is 4. The van der Waals surface area contributed by atoms with E-state index in [0.717, 1.165) is 41.2 Å². The highest BCUT2D eigenvalue weighted by atomic mass is 16.6. The number of hydrogen-bond donors (Lipinski definition) is 1. The van der Waals surface area contributed by atoms with Crippen LogP contribution in [-0.2, 0) is 11.2 Å². The number of amides is 1. The number of carbonyl (C=O) groups is 1. The van der Waals surface area contributed by atoms with Crippen molar-refractivity contribution in [3.63, 3.8) is 0 Å². The summed E-state index contributed by atoms with van der Waals surface area (Å²) >= 11 is 0. The predicted molar refractivity (Wildman–Crippen MR) is 112 cm³/mol. The van der Waals surface area contributed by atoms with Gasteiger partial charge in [-0.3, -0.25) is 4.98 Å². The number of hydrogen-bond acceptors (Lipinski definition) is 7. The Morgan fingerprint density at radius 1 is 1.27 bits per heavy atom. The molecular formula is C21H25N7O2. The van der Waals surface area contributed by atoms with E-state index in [1.807, 2.05) is 19.2 Å². The molecule has 0 unspecified atom stereocenters. The lowest BCUT2D eigenvalue weighted by Gasteiger charge is -2.32. The molecule has 2 saturated heterocycles. The zero-order valence-corrected chi connectivity index (χ0v) is 17.4. The molecule has 5 rings (SSSR count). The van der Waals surface area contributed by atoms with E-state index >= 15 is 0 Å². The maximum absolute atomic E-state index is 11.5. The summed E-state index contributed by atoms with van der Waals surface area (Å²) in [6, 6.07) is 4.35. The molecule has 0 saturated carbocycles. The van der Waals surface area contributed by atoms with Gasteiger partial charge in [0.05, 0.1) is 23.4 Å². The van der Waals surface area contributed by atoms with Gasteiger partial charge in [-0.2, -0.15) is 0 Å². The van der Waals surface area contributed by atoms with Crippen molar-refractivity contribution in [2.45, 2.75) is 51.8 Å². The number of fused-ring (bicyclic) bond motifs is 2. The first-order valence-corrected chi connectivity index (χ1v) is 10.4. The van der Waals surface area contributed by atoms with Crippen molar-refractivity contribution in [1.82, 2.24) is 29.8 Å². The molecule has 156 valence electrons. The summed E-state index contributed by atoms with van der Waals surface area (Å²) in [5, 5.41) is 2.87. The quantitative estimate of drug-likeness (QED) is 0.709. The van der Waals surface area contributed by atoms with Crippen LogP contribution >= 0.6 is 0 Å². The minimum atomic E-state index is -0.334. The lowest BCUT2D eigenvalue weighted by molar-refractivity contribution is 0.121. The van der Waals surface area contributed by atoms with Crippen molar-refractivity contribution < 1.29 is 9.53 Å². The minimum absolute atomic E-state index is 0.0119. The zero-order chi connectivity index (χ0) is 20.8. The van der Waals surface area contributed by atoms with Gasteiger partial charge in [0.1, 0.15) is 17.4 Å². The molecule has 2 aliphatic heterocycles. The van der Waals surface area contributed by atoms with E-state index in [9.17, 15) is 4.79 Å². The van der Waals surface area contributed by atoms with Gasteiger partial charge < -0.3 is 19.5 Å². The third-order valence-corrected chi connectivity index (χ3v) is 5.78. The second kappa shape index (κ2) is 7.23. The highest BCUT2D eigenvalue weighted by Crippen LogP contribution is 2.24. The first-order chi connectivity index (χ1) is 14.5. The molecule has 2 atom stereocenters. The van der Waals surface area contributed by atoms with Crippen molar-refractivity contribution in [3.8, 4) is 0 Å². The van der Waals surface area contributed by atoms with Crippen LogP contribution < -0.4 is 10.2 Å². The Morgan fingerprint density at radius 2 is 2.13 bits per heavy atom. The van der Waals surface area contributed by atoms with Gasteiger partial charge in [-0.25, -0.2) is 19.7 Å². The van der Waals surface area contributed by atoms with E-state index in [2.05, 4.69) is 49.6 Å². The van der Waals surface area contributed by atoms with Crippen molar-refractivity contribution in [2.75, 3.05) is 18.0 Å². The van der Waals surface area contributed by atoms with Crippen LogP contribution in [-0.4, -0.2) is 55.8 Å². The summed E-state index contributed by atoms with van der Waals surface area (Å²) in [6.07, 6.45) is 4.63. The fourth-order valence-electron chi connectivity index (χ4n) is 4.44. The SMILES string of the molecule is Cc1nc2cnc(Cc3ccnc(N4CC[C@@H]5OC(=O)N[C@@H]5C4)n3)cc2n1C(C)C. The molecule has 0 aliphatic carbocycles. The molecule has 3 aromatic heterocycles. The molecule has 0 radical (unpaired) electrons. The Bertz CT molecular complexity index is 1110. The Balaban J connectivity index is 1.37. The van der Waals surface area contributed by atoms with Crippen molar-refractivity contribution in [2.24, 2.45) is 0 Å². The lowest BCUT2D eigenvalue weighted by Crippen LogP contribution is -2.49. The number of imidazole rings is 1. The summed E-state index contributed by atoms with van der Waals surface area (Å²) in [5.41, 5.74) is 3.87. The fraction of sp³-hybridized carbons (Fsp3) is 0.476. The van der Waals surface area contributed by atoms with Crippen molar-refractivity contribution in [3.05, 3.63) is 41.7 Å². The first kappa shape index (κ1) is 18.8. The van der Waals surface area contributed by atoms with Gasteiger partial charge >= 0.3 is 6.09 Å². The molecular weight excluding hydrogens is 382 g/mol. The molecule has 2 aliphatic rings. The molecule has 0 aromatic carbocycles. The number of piperidine rings is 1. The average Bonchev–Trinajstić information content (AvgIpc) is 3.25. The monoisotopic (exact) mass is 407 g/mol. The smallest absolute Gasteiger partial charge is 0.407 e. The Kier molecular flexibility index (Phi) is 4.52. The molecule has 0 bridgehead atoms. The van der Waals surface area contributed by atoms with Gasteiger partial charge in [0.2, 0.25) is 5.95 Å². The third-order valence-electron chi connectivity index (χ3n) is 5.78. The number of carbonyl (C=O) groups excluding carboxylic acids is 1. The number of aromatic nitrogens is 5. The third kappa shape index (κ3) is 3.34. The molecule has 9 heteroatoms. The van der Waals surface area contributed by atoms with E-state index in [-0.39, 0.29) is 18.2 Å². The van der Waals surface area contributed by atoms with Gasteiger partial charge in [0.15, 0.2) is 0 Å². The van der Waals surface area contributed by atoms with Crippen LogP contribution in [0.2, 0.25) is 0 Å². The van der Waals surface area contributed by atoms with Gasteiger partial charge in [-0.15, -0.1) is 0 Å². The second-order valence-electron chi connectivity index (χ2n) is 8.24. The van der Waals surface area contributed by atoms with Crippen molar-refractivity contribution in [1.29, 1.82) is 0 Å². The number of ether oxygens (including phenoxy) is 1. The highest BCUT2D eigenvalue weighted by molar-refractivity contribution is 5.75. The van der Waals surface area contributed by atoms with E-state index < -0.39 is 0 Å². The molecule has 1 N–H and O–H groups in total. The van der Waals surface area contributed by atoms with Crippen molar-refractivity contribution >= 4 is 23.1 Å². The highest BCUT2D eigenvalue weighted by Gasteiger charge is 2.39. The number of nitrogens with one attached hydrogen (secondary N) is 1. The van der Waals surface area contributed by atoms with E-state index in [0.29, 0.717) is 25.0 Å². The van der Waals surface area contributed by atoms with Gasteiger partial charge in [0, 0.05) is 43.9 Å². The van der Waals surface area contributed by atoms with Crippen LogP contribution in [0.15, 0.2) is 24.5 Å². The molecule has 1 amide bonds. The van der Waals surface area contributed by atoms with Gasteiger partial charge in [0.25, 0.3) is 0 Å². The fourth-order valence-corrected chi connectivity index (χ4v) is 4.44. The minimum Gasteiger partial charge on any atom is -0.444 e. The summed E-state index contributed by atoms with van der Waals surface area (Å²) in [4.78, 5) is 32.0. The zero-order valence-electron chi connectivity index (χ0n) is 17.4. The number of pyridine rings is 1. The number of aryl methyl sites for hydroxylation is 1. The van der Waals surface area contributed by atoms with Crippen LogP contribution in [0, 0.1) is 6.92 Å². The van der Waals surface area contributed by atoms with E-state index in [1.54, 1.807) is 6.20 Å². The lowest BCUT2D eigenvalue weighted by atomic mass is 10.0. The first-order valence-electron chi connectivity index (χ1n) is 10.4. The Hall–Kier alpha value is -3.23. The summed E-state index contributed by atoms with van der Waals surface area (Å²) in [5.74, 6) is 1.67. The Labute approximate surface area is 174 Å². The number of anilines is 1. The van der Waals surface area contributed by atoms with Crippen LogP contribution in [0.4, 0.5) is 10.7 Å². The van der Waals surface area contributed by atoms with E-state index in [1.165, 1.54) is 0 Å². The van der Waals surface area contributed by atoms with Crippen LogP contribution in [0.25, 0.3) is 11.0 Å². The summed E-state index contributed by atoms with van der Waals surface area (Å²) in [6.45, 7) is 7.75. The maximum atomic E-state index is 11.5. The number of alkyl carbamates (subject to hydrolysis) is 1. The molecule has 30 heavy (non-hydrogen) atoms. The molecule has 0 spiro atoms. The molecule has 5 heterocycles. The largest absolute Gasteiger partial charge is 0.444 e. The predicted octanol–water partition coefficient (Wildman–Crippen LogP) is 2.39. The van der Waals surface area contributed by atoms with Crippen LogP contribution in [0.5, 0.6) is 0 Å². The molecule has 9 nitrogen and oxygen atoms in total. The standard InChI is InChI=1S/C21H25N7O2/c1-12(2)28-13(3)24-16-10-23-15(9-18(16)28)8-14-4-6-22-20(25-14)27-7-5-19-17(11-27)26-21(29)30-19/h4,6,9-10,12,17,19H,5,7-8,11H2,1-3H3,(H,26,29)/t17-,19+/m1/s1. The summed E-state index contributed by atoms with van der Waals surface area (Å²) < 4.78 is 7.51. The Morgan fingerprint density at radius 3 is 2.97 bits per heavy atom. The number of nitrogens with zero attached hydrogens (tertiary/aromatic N) is 6. The van der Waals surface area contributed by atoms with Crippen LogP contribution in [0.1, 0.15) is 43.5 Å². The van der Waals surface area contributed by atoms with Crippen LogP contribution in [0.3, 0.4) is 0 Å². The van der Waals surface area contributed by atoms with Gasteiger partial charge in [-0.05, 0) is 32.9 Å². The maximum Gasteiger partial charge on any atom is 0.407 e. The van der Waals surface area contributed by atoms with Gasteiger partial charge in [-0.1, -0.05) is 0 Å².